The summed E-state index contributed by atoms with van der Waals surface area (Å²) in [6.45, 7) is 4.59. The highest BCUT2D eigenvalue weighted by Crippen LogP contribution is 2.31. The van der Waals surface area contributed by atoms with E-state index in [1.54, 1.807) is 23.1 Å². The Labute approximate surface area is 148 Å². The molecule has 0 atom stereocenters. The summed E-state index contributed by atoms with van der Waals surface area (Å²) in [7, 11) is -3.22. The fourth-order valence-electron chi connectivity index (χ4n) is 3.12. The van der Waals surface area contributed by atoms with Crippen LogP contribution in [0.4, 0.5) is 0 Å². The van der Waals surface area contributed by atoms with Crippen LogP contribution in [0.15, 0.2) is 18.2 Å². The van der Waals surface area contributed by atoms with E-state index in [0.717, 1.165) is 0 Å². The zero-order chi connectivity index (χ0) is 17.9. The maximum absolute atomic E-state index is 12.8. The van der Waals surface area contributed by atoms with Crippen LogP contribution in [0.3, 0.4) is 0 Å². The molecule has 0 spiro atoms. The van der Waals surface area contributed by atoms with E-state index in [1.165, 1.54) is 4.31 Å². The van der Waals surface area contributed by atoms with Crippen LogP contribution in [0.2, 0.25) is 0 Å². The zero-order valence-electron chi connectivity index (χ0n) is 14.4. The number of carbonyl (C=O) groups excluding carboxylic acids is 1. The second kappa shape index (κ2) is 7.61. The fourth-order valence-corrected chi connectivity index (χ4v) is 4.66. The first kappa shape index (κ1) is 18.0. The van der Waals surface area contributed by atoms with E-state index in [4.69, 9.17) is 9.47 Å². The normalized spacial score (nSPS) is 18.7. The summed E-state index contributed by atoms with van der Waals surface area (Å²) in [4.78, 5) is 14.5. The molecular weight excluding hydrogens is 344 g/mol. The zero-order valence-corrected chi connectivity index (χ0v) is 15.3. The summed E-state index contributed by atoms with van der Waals surface area (Å²) in [5, 5.41) is 0. The van der Waals surface area contributed by atoms with E-state index in [0.29, 0.717) is 69.3 Å². The first-order valence-corrected chi connectivity index (χ1v) is 10.3. The van der Waals surface area contributed by atoms with Crippen LogP contribution >= 0.6 is 0 Å². The fraction of sp³-hybridized carbons (Fsp3) is 0.588. The molecule has 0 unspecified atom stereocenters. The molecule has 2 aliphatic heterocycles. The number of ether oxygens (including phenoxy) is 2. The lowest BCUT2D eigenvalue weighted by Gasteiger charge is -2.23. The van der Waals surface area contributed by atoms with Gasteiger partial charge >= 0.3 is 0 Å². The van der Waals surface area contributed by atoms with Gasteiger partial charge in [0.25, 0.3) is 5.91 Å². The van der Waals surface area contributed by atoms with Crippen LogP contribution in [0.25, 0.3) is 0 Å². The Morgan fingerprint density at radius 1 is 1.08 bits per heavy atom. The summed E-state index contributed by atoms with van der Waals surface area (Å²) in [6.07, 6.45) is 1.23. The Morgan fingerprint density at radius 3 is 2.60 bits per heavy atom. The third kappa shape index (κ3) is 4.07. The van der Waals surface area contributed by atoms with Gasteiger partial charge < -0.3 is 14.4 Å². The molecule has 138 valence electrons. The molecular formula is C17H24N2O5S. The van der Waals surface area contributed by atoms with E-state index in [-0.39, 0.29) is 11.7 Å². The van der Waals surface area contributed by atoms with Crippen molar-refractivity contribution in [3.05, 3.63) is 23.8 Å². The summed E-state index contributed by atoms with van der Waals surface area (Å²) in [5.41, 5.74) is 0.536. The SMILES string of the molecule is CCCS(=O)(=O)N1CCCN(C(=O)c2ccc3c(c2)OCCO3)CC1. The largest absolute Gasteiger partial charge is 0.486 e. The number of carbonyl (C=O) groups is 1. The second-order valence-corrected chi connectivity index (χ2v) is 8.31. The van der Waals surface area contributed by atoms with Crippen molar-refractivity contribution in [1.29, 1.82) is 0 Å². The van der Waals surface area contributed by atoms with E-state index in [2.05, 4.69) is 0 Å². The molecule has 2 heterocycles. The highest BCUT2D eigenvalue weighted by molar-refractivity contribution is 7.89. The monoisotopic (exact) mass is 368 g/mol. The first-order chi connectivity index (χ1) is 12.0. The van der Waals surface area contributed by atoms with Gasteiger partial charge in [-0.3, -0.25) is 4.79 Å². The quantitative estimate of drug-likeness (QED) is 0.802. The summed E-state index contributed by atoms with van der Waals surface area (Å²) in [6, 6.07) is 5.18. The maximum atomic E-state index is 12.8. The van der Waals surface area contributed by atoms with Gasteiger partial charge in [0.15, 0.2) is 11.5 Å². The average Bonchev–Trinajstić information content (AvgIpc) is 2.87. The highest BCUT2D eigenvalue weighted by atomic mass is 32.2. The number of hydrogen-bond acceptors (Lipinski definition) is 5. The van der Waals surface area contributed by atoms with Gasteiger partial charge in [-0.1, -0.05) is 6.92 Å². The molecule has 8 heteroatoms. The maximum Gasteiger partial charge on any atom is 0.254 e. The molecule has 1 amide bonds. The van der Waals surface area contributed by atoms with Gasteiger partial charge in [-0.25, -0.2) is 12.7 Å². The Balaban J connectivity index is 1.69. The van der Waals surface area contributed by atoms with Crippen molar-refractivity contribution in [2.75, 3.05) is 45.1 Å². The summed E-state index contributed by atoms with van der Waals surface area (Å²) >= 11 is 0. The topological polar surface area (TPSA) is 76.2 Å². The number of rotatable bonds is 4. The molecule has 1 aromatic rings. The lowest BCUT2D eigenvalue weighted by molar-refractivity contribution is 0.0763. The number of benzene rings is 1. The van der Waals surface area contributed by atoms with Gasteiger partial charge in [-0.05, 0) is 31.0 Å². The minimum Gasteiger partial charge on any atom is -0.486 e. The third-order valence-electron chi connectivity index (χ3n) is 4.39. The van der Waals surface area contributed by atoms with Crippen LogP contribution in [0.5, 0.6) is 11.5 Å². The second-order valence-electron chi connectivity index (χ2n) is 6.22. The molecule has 0 bridgehead atoms. The molecule has 1 saturated heterocycles. The van der Waals surface area contributed by atoms with Crippen molar-refractivity contribution in [2.45, 2.75) is 19.8 Å². The molecule has 2 aliphatic rings. The van der Waals surface area contributed by atoms with E-state index >= 15 is 0 Å². The van der Waals surface area contributed by atoms with Crippen LogP contribution in [0.1, 0.15) is 30.1 Å². The number of fused-ring (bicyclic) bond motifs is 1. The van der Waals surface area contributed by atoms with Gasteiger partial charge in [-0.15, -0.1) is 0 Å². The minimum absolute atomic E-state index is 0.105. The molecule has 0 saturated carbocycles. The van der Waals surface area contributed by atoms with Gasteiger partial charge in [0.2, 0.25) is 10.0 Å². The van der Waals surface area contributed by atoms with E-state index in [9.17, 15) is 13.2 Å². The standard InChI is InChI=1S/C17H24N2O5S/c1-2-12-25(21,22)19-7-3-6-18(8-9-19)17(20)14-4-5-15-16(13-14)24-11-10-23-15/h4-5,13H,2-3,6-12H2,1H3. The Kier molecular flexibility index (Phi) is 5.48. The Hall–Kier alpha value is -1.80. The Morgan fingerprint density at radius 2 is 1.84 bits per heavy atom. The van der Waals surface area contributed by atoms with Gasteiger partial charge in [0, 0.05) is 31.7 Å². The molecule has 7 nitrogen and oxygen atoms in total. The minimum atomic E-state index is -3.22. The van der Waals surface area contributed by atoms with Crippen molar-refractivity contribution in [3.63, 3.8) is 0 Å². The van der Waals surface area contributed by atoms with Gasteiger partial charge in [0.05, 0.1) is 5.75 Å². The van der Waals surface area contributed by atoms with Crippen LogP contribution in [0, 0.1) is 0 Å². The van der Waals surface area contributed by atoms with Crippen molar-refractivity contribution >= 4 is 15.9 Å². The van der Waals surface area contributed by atoms with Crippen molar-refractivity contribution in [2.24, 2.45) is 0 Å². The summed E-state index contributed by atoms with van der Waals surface area (Å²) in [5.74, 6) is 1.28. The number of nitrogens with zero attached hydrogens (tertiary/aromatic N) is 2. The predicted molar refractivity (Wildman–Crippen MR) is 93.6 cm³/mol. The van der Waals surface area contributed by atoms with Crippen molar-refractivity contribution in [3.8, 4) is 11.5 Å². The smallest absolute Gasteiger partial charge is 0.254 e. The summed E-state index contributed by atoms with van der Waals surface area (Å²) < 4.78 is 37.0. The van der Waals surface area contributed by atoms with E-state index in [1.807, 2.05) is 6.92 Å². The van der Waals surface area contributed by atoms with Gasteiger partial charge in [0.1, 0.15) is 13.2 Å². The number of hydrogen-bond donors (Lipinski definition) is 0. The lowest BCUT2D eigenvalue weighted by Crippen LogP contribution is -2.38. The van der Waals surface area contributed by atoms with Crippen molar-refractivity contribution in [1.82, 2.24) is 9.21 Å². The van der Waals surface area contributed by atoms with Crippen LogP contribution in [-0.2, 0) is 10.0 Å². The molecule has 25 heavy (non-hydrogen) atoms. The number of amides is 1. The first-order valence-electron chi connectivity index (χ1n) is 8.68. The Bertz CT molecular complexity index is 735. The molecule has 1 aromatic carbocycles. The lowest BCUT2D eigenvalue weighted by atomic mass is 10.1. The molecule has 0 aromatic heterocycles. The molecule has 0 N–H and O–H groups in total. The van der Waals surface area contributed by atoms with E-state index < -0.39 is 10.0 Å². The third-order valence-corrected chi connectivity index (χ3v) is 6.46. The molecule has 3 rings (SSSR count). The van der Waals surface area contributed by atoms with Crippen LogP contribution < -0.4 is 9.47 Å². The predicted octanol–water partition coefficient (Wildman–Crippen LogP) is 1.35. The average molecular weight is 368 g/mol. The van der Waals surface area contributed by atoms with Crippen molar-refractivity contribution < 1.29 is 22.7 Å². The number of sulfonamides is 1. The molecule has 0 aliphatic carbocycles. The molecule has 0 radical (unpaired) electrons. The van der Waals surface area contributed by atoms with Crippen LogP contribution in [-0.4, -0.2) is 68.7 Å². The van der Waals surface area contributed by atoms with Gasteiger partial charge in [-0.2, -0.15) is 0 Å². The highest BCUT2D eigenvalue weighted by Gasteiger charge is 2.27. The molecule has 1 fully saturated rings.